The summed E-state index contributed by atoms with van der Waals surface area (Å²) in [5, 5.41) is 0. The Bertz CT molecular complexity index is 309. The predicted molar refractivity (Wildman–Crippen MR) is 69.2 cm³/mol. The molecule has 1 aromatic carbocycles. The highest BCUT2D eigenvalue weighted by molar-refractivity contribution is 7.98. The molecule has 1 nitrogen and oxygen atoms in total. The number of nitrogens with two attached hydrogens (primary N) is 1. The van der Waals surface area contributed by atoms with Crippen molar-refractivity contribution in [2.24, 2.45) is 5.73 Å². The molecular formula is C13H19NS. The molecule has 0 spiro atoms. The molecular weight excluding hydrogens is 202 g/mol. The Morgan fingerprint density at radius 3 is 2.87 bits per heavy atom. The Morgan fingerprint density at radius 2 is 2.20 bits per heavy atom. The first-order chi connectivity index (χ1) is 7.29. The molecule has 1 unspecified atom stereocenters. The van der Waals surface area contributed by atoms with E-state index in [1.807, 2.05) is 6.08 Å². The average molecular weight is 221 g/mol. The van der Waals surface area contributed by atoms with Gasteiger partial charge in [0.15, 0.2) is 0 Å². The van der Waals surface area contributed by atoms with Crippen LogP contribution in [0, 0.1) is 0 Å². The van der Waals surface area contributed by atoms with Crippen LogP contribution in [0.3, 0.4) is 0 Å². The van der Waals surface area contributed by atoms with Gasteiger partial charge in [-0.25, -0.2) is 0 Å². The SMILES string of the molecule is C=CCCCC(N)c1ccccc1SC. The third kappa shape index (κ3) is 3.73. The molecule has 1 rings (SSSR count). The quantitative estimate of drug-likeness (QED) is 0.449. The fourth-order valence-electron chi connectivity index (χ4n) is 1.61. The molecule has 1 atom stereocenters. The molecule has 0 amide bonds. The van der Waals surface area contributed by atoms with Crippen molar-refractivity contribution < 1.29 is 0 Å². The summed E-state index contributed by atoms with van der Waals surface area (Å²) in [5.74, 6) is 0. The molecule has 0 saturated heterocycles. The number of unbranched alkanes of at least 4 members (excludes halogenated alkanes) is 1. The van der Waals surface area contributed by atoms with Crippen molar-refractivity contribution in [2.45, 2.75) is 30.2 Å². The summed E-state index contributed by atoms with van der Waals surface area (Å²) < 4.78 is 0. The van der Waals surface area contributed by atoms with Crippen LogP contribution < -0.4 is 5.73 Å². The van der Waals surface area contributed by atoms with E-state index >= 15 is 0 Å². The molecule has 0 bridgehead atoms. The first-order valence-electron chi connectivity index (χ1n) is 5.29. The van der Waals surface area contributed by atoms with Crippen molar-refractivity contribution in [2.75, 3.05) is 6.26 Å². The molecule has 0 aliphatic heterocycles. The normalized spacial score (nSPS) is 12.4. The van der Waals surface area contributed by atoms with Crippen LogP contribution in [0.1, 0.15) is 30.9 Å². The van der Waals surface area contributed by atoms with Crippen molar-refractivity contribution >= 4 is 11.8 Å². The van der Waals surface area contributed by atoms with Gasteiger partial charge >= 0.3 is 0 Å². The summed E-state index contributed by atoms with van der Waals surface area (Å²) in [6.07, 6.45) is 7.24. The van der Waals surface area contributed by atoms with E-state index in [1.165, 1.54) is 10.5 Å². The van der Waals surface area contributed by atoms with Crippen LogP contribution in [0.5, 0.6) is 0 Å². The van der Waals surface area contributed by atoms with Gasteiger partial charge in [-0.05, 0) is 37.1 Å². The highest BCUT2D eigenvalue weighted by atomic mass is 32.2. The fourth-order valence-corrected chi connectivity index (χ4v) is 2.28. The van der Waals surface area contributed by atoms with E-state index in [9.17, 15) is 0 Å². The largest absolute Gasteiger partial charge is 0.324 e. The van der Waals surface area contributed by atoms with Crippen LogP contribution in [0.2, 0.25) is 0 Å². The maximum atomic E-state index is 6.16. The fraction of sp³-hybridized carbons (Fsp3) is 0.385. The zero-order valence-electron chi connectivity index (χ0n) is 9.28. The van der Waals surface area contributed by atoms with Gasteiger partial charge in [0.2, 0.25) is 0 Å². The van der Waals surface area contributed by atoms with Gasteiger partial charge < -0.3 is 5.73 Å². The van der Waals surface area contributed by atoms with Gasteiger partial charge in [0.05, 0.1) is 0 Å². The van der Waals surface area contributed by atoms with Gasteiger partial charge in [0.25, 0.3) is 0 Å². The van der Waals surface area contributed by atoms with E-state index in [0.717, 1.165) is 19.3 Å². The summed E-state index contributed by atoms with van der Waals surface area (Å²) in [7, 11) is 0. The lowest BCUT2D eigenvalue weighted by Crippen LogP contribution is -2.10. The average Bonchev–Trinajstić information content (AvgIpc) is 2.29. The third-order valence-corrected chi connectivity index (χ3v) is 3.27. The first kappa shape index (κ1) is 12.3. The highest BCUT2D eigenvalue weighted by Gasteiger charge is 2.08. The molecule has 0 saturated carbocycles. The van der Waals surface area contributed by atoms with Crippen molar-refractivity contribution in [1.82, 2.24) is 0 Å². The van der Waals surface area contributed by atoms with E-state index in [4.69, 9.17) is 5.73 Å². The lowest BCUT2D eigenvalue weighted by Gasteiger charge is -2.14. The molecule has 2 heteroatoms. The lowest BCUT2D eigenvalue weighted by atomic mass is 10.0. The Morgan fingerprint density at radius 1 is 1.47 bits per heavy atom. The summed E-state index contributed by atoms with van der Waals surface area (Å²) in [6.45, 7) is 3.72. The summed E-state index contributed by atoms with van der Waals surface area (Å²) in [4.78, 5) is 1.30. The van der Waals surface area contributed by atoms with Crippen molar-refractivity contribution in [3.63, 3.8) is 0 Å². The molecule has 0 radical (unpaired) electrons. The molecule has 0 fully saturated rings. The smallest absolute Gasteiger partial charge is 0.0306 e. The summed E-state index contributed by atoms with van der Waals surface area (Å²) in [6, 6.07) is 8.54. The van der Waals surface area contributed by atoms with Crippen LogP contribution in [0.25, 0.3) is 0 Å². The molecule has 0 aliphatic rings. The van der Waals surface area contributed by atoms with Gasteiger partial charge in [0, 0.05) is 10.9 Å². The molecule has 2 N–H and O–H groups in total. The number of hydrogen-bond acceptors (Lipinski definition) is 2. The van der Waals surface area contributed by atoms with Crippen LogP contribution in [0.15, 0.2) is 41.8 Å². The maximum Gasteiger partial charge on any atom is 0.0306 e. The molecule has 82 valence electrons. The summed E-state index contributed by atoms with van der Waals surface area (Å²) >= 11 is 1.76. The van der Waals surface area contributed by atoms with E-state index in [-0.39, 0.29) is 6.04 Å². The molecule has 0 aromatic heterocycles. The molecule has 15 heavy (non-hydrogen) atoms. The minimum absolute atomic E-state index is 0.161. The standard InChI is InChI=1S/C13H19NS/c1-3-4-5-9-12(14)11-8-6-7-10-13(11)15-2/h3,6-8,10,12H,1,4-5,9,14H2,2H3. The van der Waals surface area contributed by atoms with Gasteiger partial charge in [-0.1, -0.05) is 24.3 Å². The second-order valence-corrected chi connectivity index (χ2v) is 4.42. The topological polar surface area (TPSA) is 26.0 Å². The van der Waals surface area contributed by atoms with E-state index in [2.05, 4.69) is 37.1 Å². The molecule has 1 aromatic rings. The second kappa shape index (κ2) is 6.70. The van der Waals surface area contributed by atoms with Gasteiger partial charge in [-0.3, -0.25) is 0 Å². The third-order valence-electron chi connectivity index (χ3n) is 2.46. The van der Waals surface area contributed by atoms with Crippen LogP contribution in [0.4, 0.5) is 0 Å². The number of rotatable bonds is 6. The van der Waals surface area contributed by atoms with E-state index < -0.39 is 0 Å². The van der Waals surface area contributed by atoms with Crippen molar-refractivity contribution in [3.8, 4) is 0 Å². The van der Waals surface area contributed by atoms with E-state index in [0.29, 0.717) is 0 Å². The van der Waals surface area contributed by atoms with Gasteiger partial charge in [-0.2, -0.15) is 0 Å². The predicted octanol–water partition coefficient (Wildman–Crippen LogP) is 3.76. The Hall–Kier alpha value is -0.730. The molecule has 0 aliphatic carbocycles. The Kier molecular flexibility index (Phi) is 5.51. The van der Waals surface area contributed by atoms with Gasteiger partial charge in [0.1, 0.15) is 0 Å². The minimum atomic E-state index is 0.161. The van der Waals surface area contributed by atoms with Crippen molar-refractivity contribution in [3.05, 3.63) is 42.5 Å². The summed E-state index contributed by atoms with van der Waals surface area (Å²) in [5.41, 5.74) is 7.44. The van der Waals surface area contributed by atoms with Crippen LogP contribution in [-0.2, 0) is 0 Å². The number of hydrogen-bond donors (Lipinski definition) is 1. The maximum absolute atomic E-state index is 6.16. The molecule has 0 heterocycles. The minimum Gasteiger partial charge on any atom is -0.324 e. The van der Waals surface area contributed by atoms with E-state index in [1.54, 1.807) is 11.8 Å². The monoisotopic (exact) mass is 221 g/mol. The zero-order chi connectivity index (χ0) is 11.1. The van der Waals surface area contributed by atoms with Gasteiger partial charge in [-0.15, -0.1) is 18.3 Å². The highest BCUT2D eigenvalue weighted by Crippen LogP contribution is 2.27. The zero-order valence-corrected chi connectivity index (χ0v) is 10.1. The number of thioether (sulfide) groups is 1. The first-order valence-corrected chi connectivity index (χ1v) is 6.51. The lowest BCUT2D eigenvalue weighted by molar-refractivity contribution is 0.609. The van der Waals surface area contributed by atoms with Crippen molar-refractivity contribution in [1.29, 1.82) is 0 Å². The number of allylic oxidation sites excluding steroid dienone is 1. The Balaban J connectivity index is 2.63. The Labute approximate surface area is 96.8 Å². The van der Waals surface area contributed by atoms with Crippen LogP contribution >= 0.6 is 11.8 Å². The second-order valence-electron chi connectivity index (χ2n) is 3.57. The van der Waals surface area contributed by atoms with Crippen LogP contribution in [-0.4, -0.2) is 6.26 Å². The number of benzene rings is 1.